The second kappa shape index (κ2) is 7.66. The smallest absolute Gasteiger partial charge is 0.305 e. The normalized spacial score (nSPS) is 42.0. The summed E-state index contributed by atoms with van der Waals surface area (Å²) in [5.74, 6) is 1.86. The molecule has 0 aromatic heterocycles. The maximum absolute atomic E-state index is 11.9. The van der Waals surface area contributed by atoms with Gasteiger partial charge in [-0.05, 0) is 80.0 Å². The molecule has 148 valence electrons. The van der Waals surface area contributed by atoms with Gasteiger partial charge in [0, 0.05) is 6.42 Å². The lowest BCUT2D eigenvalue weighted by Gasteiger charge is -2.56. The van der Waals surface area contributed by atoms with E-state index in [2.05, 4.69) is 26.8 Å². The van der Waals surface area contributed by atoms with Crippen LogP contribution in [0.25, 0.3) is 0 Å². The number of rotatable bonds is 6. The Morgan fingerprint density at radius 1 is 1.27 bits per heavy atom. The number of allylic oxidation sites excluding steroid dienone is 2. The number of methoxy groups -OCH3 is 1. The SMILES string of the molecule is CCCCC1=CC[C@H]2[C@@H]3CC[C@H](O)[C@@]3(C)CC[C@@H]2[C@@]1(C)CCC(=O)OC. The van der Waals surface area contributed by atoms with E-state index in [1.165, 1.54) is 45.6 Å². The van der Waals surface area contributed by atoms with Gasteiger partial charge in [0.2, 0.25) is 0 Å². The standard InChI is InChI=1S/C23H38O3/c1-5-6-7-16-8-9-17-18-10-11-20(24)23(18,3)14-12-19(17)22(16,2)15-13-21(25)26-4/h8,17-20,24H,5-7,9-15H2,1-4H3/t17-,18-,19-,20-,22-,23-/m0/s1. The monoisotopic (exact) mass is 362 g/mol. The van der Waals surface area contributed by atoms with E-state index in [1.54, 1.807) is 5.57 Å². The molecule has 0 unspecified atom stereocenters. The van der Waals surface area contributed by atoms with Gasteiger partial charge in [0.1, 0.15) is 0 Å². The summed E-state index contributed by atoms with van der Waals surface area (Å²) in [6.07, 6.45) is 13.1. The fourth-order valence-electron chi connectivity index (χ4n) is 6.69. The fraction of sp³-hybridized carbons (Fsp3) is 0.870. The number of hydrogen-bond acceptors (Lipinski definition) is 3. The molecule has 3 rings (SSSR count). The van der Waals surface area contributed by atoms with Crippen molar-refractivity contribution >= 4 is 5.97 Å². The Bertz CT molecular complexity index is 554. The molecule has 3 nitrogen and oxygen atoms in total. The number of ether oxygens (including phenoxy) is 1. The zero-order valence-electron chi connectivity index (χ0n) is 17.2. The molecule has 0 radical (unpaired) electrons. The predicted molar refractivity (Wildman–Crippen MR) is 105 cm³/mol. The van der Waals surface area contributed by atoms with Crippen LogP contribution in [0.4, 0.5) is 0 Å². The van der Waals surface area contributed by atoms with E-state index in [-0.39, 0.29) is 22.9 Å². The van der Waals surface area contributed by atoms with Gasteiger partial charge in [0.25, 0.3) is 0 Å². The van der Waals surface area contributed by atoms with Gasteiger partial charge < -0.3 is 9.84 Å². The molecule has 2 fully saturated rings. The van der Waals surface area contributed by atoms with Crippen molar-refractivity contribution in [1.29, 1.82) is 0 Å². The molecule has 0 saturated heterocycles. The minimum Gasteiger partial charge on any atom is -0.469 e. The van der Waals surface area contributed by atoms with Crippen molar-refractivity contribution in [3.05, 3.63) is 11.6 Å². The third-order valence-corrected chi connectivity index (χ3v) is 8.45. The first-order valence-corrected chi connectivity index (χ1v) is 10.8. The maximum Gasteiger partial charge on any atom is 0.305 e. The Hall–Kier alpha value is -0.830. The van der Waals surface area contributed by atoms with Crippen molar-refractivity contribution in [2.24, 2.45) is 28.6 Å². The zero-order valence-corrected chi connectivity index (χ0v) is 17.2. The first-order valence-electron chi connectivity index (χ1n) is 10.8. The van der Waals surface area contributed by atoms with Gasteiger partial charge in [-0.1, -0.05) is 38.8 Å². The molecule has 2 saturated carbocycles. The lowest BCUT2D eigenvalue weighted by atomic mass is 9.49. The second-order valence-electron chi connectivity index (χ2n) is 9.58. The maximum atomic E-state index is 11.9. The summed E-state index contributed by atoms with van der Waals surface area (Å²) in [7, 11) is 1.49. The number of hydrogen-bond donors (Lipinski definition) is 1. The van der Waals surface area contributed by atoms with E-state index in [1.807, 2.05) is 0 Å². The van der Waals surface area contributed by atoms with Gasteiger partial charge >= 0.3 is 5.97 Å². The summed E-state index contributed by atoms with van der Waals surface area (Å²) in [4.78, 5) is 11.9. The summed E-state index contributed by atoms with van der Waals surface area (Å²) in [5.41, 5.74) is 1.81. The van der Waals surface area contributed by atoms with E-state index >= 15 is 0 Å². The molecule has 0 aliphatic heterocycles. The van der Waals surface area contributed by atoms with Crippen LogP contribution in [0.2, 0.25) is 0 Å². The van der Waals surface area contributed by atoms with E-state index in [0.29, 0.717) is 24.2 Å². The zero-order chi connectivity index (χ0) is 18.9. The number of carbonyl (C=O) groups is 1. The first kappa shape index (κ1) is 19.9. The van der Waals surface area contributed by atoms with Crippen LogP contribution in [0.15, 0.2) is 11.6 Å². The summed E-state index contributed by atoms with van der Waals surface area (Å²) >= 11 is 0. The van der Waals surface area contributed by atoms with Gasteiger partial charge in [-0.2, -0.15) is 0 Å². The molecule has 0 aromatic rings. The van der Waals surface area contributed by atoms with E-state index < -0.39 is 0 Å². The molecule has 6 atom stereocenters. The number of aliphatic hydroxyl groups excluding tert-OH is 1. The Morgan fingerprint density at radius 3 is 2.73 bits per heavy atom. The molecule has 26 heavy (non-hydrogen) atoms. The van der Waals surface area contributed by atoms with Crippen molar-refractivity contribution in [3.63, 3.8) is 0 Å². The number of fused-ring (bicyclic) bond motifs is 3. The Kier molecular flexibility index (Phi) is 5.86. The fourth-order valence-corrected chi connectivity index (χ4v) is 6.69. The van der Waals surface area contributed by atoms with Gasteiger partial charge in [0.05, 0.1) is 13.2 Å². The first-order chi connectivity index (χ1) is 12.4. The average molecular weight is 363 g/mol. The van der Waals surface area contributed by atoms with Crippen LogP contribution < -0.4 is 0 Å². The van der Waals surface area contributed by atoms with Crippen LogP contribution in [-0.2, 0) is 9.53 Å². The van der Waals surface area contributed by atoms with Gasteiger partial charge in [-0.3, -0.25) is 4.79 Å². The molecule has 0 heterocycles. The predicted octanol–water partition coefficient (Wildman–Crippen LogP) is 5.27. The van der Waals surface area contributed by atoms with E-state index in [4.69, 9.17) is 4.74 Å². The second-order valence-corrected chi connectivity index (χ2v) is 9.58. The van der Waals surface area contributed by atoms with Crippen LogP contribution in [-0.4, -0.2) is 24.3 Å². The van der Waals surface area contributed by atoms with Crippen molar-refractivity contribution in [1.82, 2.24) is 0 Å². The summed E-state index contributed by atoms with van der Waals surface area (Å²) in [5, 5.41) is 10.6. The van der Waals surface area contributed by atoms with Crippen LogP contribution in [0, 0.1) is 28.6 Å². The highest BCUT2D eigenvalue weighted by atomic mass is 16.5. The van der Waals surface area contributed by atoms with Crippen molar-refractivity contribution in [2.45, 2.75) is 91.1 Å². The Labute approximate surface area is 159 Å². The molecule has 3 aliphatic carbocycles. The minimum absolute atomic E-state index is 0.0832. The van der Waals surface area contributed by atoms with Gasteiger partial charge in [-0.25, -0.2) is 0 Å². The summed E-state index contributed by atoms with van der Waals surface area (Å²) < 4.78 is 4.95. The van der Waals surface area contributed by atoms with Gasteiger partial charge in [-0.15, -0.1) is 0 Å². The molecule has 3 heteroatoms. The third kappa shape index (κ3) is 3.25. The highest BCUT2D eigenvalue weighted by Crippen LogP contribution is 2.63. The summed E-state index contributed by atoms with van der Waals surface area (Å²) in [6.45, 7) is 7.00. The topological polar surface area (TPSA) is 46.5 Å². The van der Waals surface area contributed by atoms with Crippen LogP contribution in [0.1, 0.15) is 85.0 Å². The molecule has 1 N–H and O–H groups in total. The quantitative estimate of drug-likeness (QED) is 0.517. The highest BCUT2D eigenvalue weighted by molar-refractivity contribution is 5.69. The largest absolute Gasteiger partial charge is 0.469 e. The molecule has 0 aromatic carbocycles. The minimum atomic E-state index is -0.125. The Morgan fingerprint density at radius 2 is 2.04 bits per heavy atom. The number of esters is 1. The van der Waals surface area contributed by atoms with Crippen molar-refractivity contribution < 1.29 is 14.6 Å². The Balaban J connectivity index is 1.87. The molecule has 3 aliphatic rings. The van der Waals surface area contributed by atoms with E-state index in [0.717, 1.165) is 19.3 Å². The van der Waals surface area contributed by atoms with Gasteiger partial charge in [0.15, 0.2) is 0 Å². The molecule has 0 bridgehead atoms. The third-order valence-electron chi connectivity index (χ3n) is 8.45. The number of aliphatic hydroxyl groups is 1. The van der Waals surface area contributed by atoms with Crippen LogP contribution in [0.5, 0.6) is 0 Å². The lowest BCUT2D eigenvalue weighted by molar-refractivity contribution is -0.141. The molecular weight excluding hydrogens is 324 g/mol. The van der Waals surface area contributed by atoms with Crippen LogP contribution >= 0.6 is 0 Å². The number of carbonyl (C=O) groups excluding carboxylic acids is 1. The molecule has 0 spiro atoms. The molecule has 0 amide bonds. The van der Waals surface area contributed by atoms with Crippen LogP contribution in [0.3, 0.4) is 0 Å². The lowest BCUT2D eigenvalue weighted by Crippen LogP contribution is -2.49. The molecular formula is C23H38O3. The summed E-state index contributed by atoms with van der Waals surface area (Å²) in [6, 6.07) is 0. The van der Waals surface area contributed by atoms with Crippen molar-refractivity contribution in [2.75, 3.05) is 7.11 Å². The average Bonchev–Trinajstić information content (AvgIpc) is 2.94. The van der Waals surface area contributed by atoms with Crippen molar-refractivity contribution in [3.8, 4) is 0 Å². The highest BCUT2D eigenvalue weighted by Gasteiger charge is 2.57. The number of unbranched alkanes of at least 4 members (excludes halogenated alkanes) is 1. The van der Waals surface area contributed by atoms with E-state index in [9.17, 15) is 9.90 Å².